The van der Waals surface area contributed by atoms with Gasteiger partial charge in [-0.25, -0.2) is 0 Å². The second-order valence-electron chi connectivity index (χ2n) is 15.4. The monoisotopic (exact) mass is 867 g/mol. The molecule has 5 heteroatoms. The number of aromatic nitrogens is 2. The summed E-state index contributed by atoms with van der Waals surface area (Å²) in [4.78, 5) is 9.22. The Kier molecular flexibility index (Phi) is 11.1. The zero-order chi connectivity index (χ0) is 37.3. The van der Waals surface area contributed by atoms with Crippen molar-refractivity contribution in [2.45, 2.75) is 67.1 Å². The van der Waals surface area contributed by atoms with Gasteiger partial charge in [-0.1, -0.05) is 131 Å². The van der Waals surface area contributed by atoms with E-state index in [4.69, 9.17) is 7.16 Å². The van der Waals surface area contributed by atoms with Gasteiger partial charge in [-0.3, -0.25) is 0 Å². The van der Waals surface area contributed by atoms with Crippen LogP contribution in [-0.2, 0) is 32.9 Å². The van der Waals surface area contributed by atoms with Gasteiger partial charge in [0.05, 0.1) is 13.7 Å². The van der Waals surface area contributed by atoms with Crippen LogP contribution in [0.5, 0.6) is 0 Å². The number of furan rings is 1. The van der Waals surface area contributed by atoms with Gasteiger partial charge in [0.15, 0.2) is 0 Å². The Hall–Kier alpha value is -4.15. The molecule has 0 spiro atoms. The SMILES string of the molecule is CC(C)Cc1cc(-c2[c-]cccc2)ncc1[Si](C)(C)C.[2H]C([2H])(c1ccnc(-c2[c-]ccc3c2oc2cc(-c4ccccc4)ccc23)c1)C(C)(C)C.[Ir]. The molecule has 0 atom stereocenters. The Bertz CT molecular complexity index is 2310. The summed E-state index contributed by atoms with van der Waals surface area (Å²) >= 11 is 0. The molecule has 51 heavy (non-hydrogen) atoms. The number of fused-ring (bicyclic) bond motifs is 3. The maximum Gasteiger partial charge on any atom is 0.121 e. The third-order valence-electron chi connectivity index (χ3n) is 8.49. The second kappa shape index (κ2) is 16.0. The third kappa shape index (κ3) is 9.40. The van der Waals surface area contributed by atoms with Gasteiger partial charge in [-0.2, -0.15) is 0 Å². The first-order chi connectivity index (χ1) is 24.6. The van der Waals surface area contributed by atoms with Gasteiger partial charge >= 0.3 is 0 Å². The Morgan fingerprint density at radius 1 is 0.784 bits per heavy atom. The van der Waals surface area contributed by atoms with E-state index < -0.39 is 19.9 Å². The van der Waals surface area contributed by atoms with Crippen molar-refractivity contribution in [3.8, 4) is 33.6 Å². The number of pyridine rings is 2. The molecule has 0 unspecified atom stereocenters. The molecule has 0 fully saturated rings. The van der Waals surface area contributed by atoms with E-state index in [1.54, 1.807) is 12.3 Å². The van der Waals surface area contributed by atoms with Crippen LogP contribution < -0.4 is 5.19 Å². The average molecular weight is 867 g/mol. The van der Waals surface area contributed by atoms with Crippen LogP contribution in [0.1, 0.15) is 48.5 Å². The first-order valence-electron chi connectivity index (χ1n) is 18.5. The van der Waals surface area contributed by atoms with Gasteiger partial charge in [-0.15, -0.1) is 54.1 Å². The predicted molar refractivity (Wildman–Crippen MR) is 214 cm³/mol. The standard InChI is InChI=1S/C28H24NO.C18H24NSi.Ir/c1-28(2,3)18-19-14-15-29-25(16-19)24-11-7-10-23-22-13-12-21(17-26(22)30-27(23)24)20-8-5-4-6-9-20;1-14(2)11-16-12-17(15-9-7-6-8-10-15)19-13-18(16)20(3,4)5;/h4-10,12-17H,18H2,1-3H3;6-9,12-14H,11H2,1-5H3;/q2*-1;/i18D2;;. The molecule has 3 aromatic heterocycles. The molecule has 1 radical (unpaired) electrons. The molecule has 3 heterocycles. The Labute approximate surface area is 321 Å². The number of nitrogens with zero attached hydrogens (tertiary/aromatic N) is 2. The maximum absolute atomic E-state index is 8.64. The summed E-state index contributed by atoms with van der Waals surface area (Å²) in [6.07, 6.45) is 3.40. The number of hydrogen-bond acceptors (Lipinski definition) is 3. The minimum absolute atomic E-state index is 0. The van der Waals surface area contributed by atoms with Gasteiger partial charge in [0.1, 0.15) is 5.58 Å². The van der Waals surface area contributed by atoms with Crippen LogP contribution in [0.25, 0.3) is 55.6 Å². The molecule has 0 aliphatic carbocycles. The molecular weight excluding hydrogens is 817 g/mol. The second-order valence-corrected chi connectivity index (χ2v) is 20.5. The van der Waals surface area contributed by atoms with E-state index in [1.807, 2.05) is 75.4 Å². The largest absolute Gasteiger partial charge is 0.501 e. The molecule has 0 aliphatic heterocycles. The van der Waals surface area contributed by atoms with Crippen LogP contribution in [0.3, 0.4) is 0 Å². The molecule has 0 aliphatic rings. The third-order valence-corrected chi connectivity index (χ3v) is 10.6. The zero-order valence-electron chi connectivity index (χ0n) is 32.9. The van der Waals surface area contributed by atoms with Crippen molar-refractivity contribution in [2.24, 2.45) is 11.3 Å². The van der Waals surface area contributed by atoms with E-state index in [0.29, 0.717) is 22.8 Å². The zero-order valence-corrected chi connectivity index (χ0v) is 34.3. The fourth-order valence-corrected chi connectivity index (χ4v) is 7.89. The smallest absolute Gasteiger partial charge is 0.121 e. The molecule has 7 aromatic rings. The quantitative estimate of drug-likeness (QED) is 0.118. The Balaban J connectivity index is 0.000000223. The van der Waals surface area contributed by atoms with Crippen molar-refractivity contribution >= 4 is 35.2 Å². The average Bonchev–Trinajstić information content (AvgIpc) is 3.50. The first-order valence-corrected chi connectivity index (χ1v) is 21.0. The van der Waals surface area contributed by atoms with Gasteiger partial charge in [-0.05, 0) is 64.0 Å². The molecule has 0 amide bonds. The first kappa shape index (κ1) is 35.3. The van der Waals surface area contributed by atoms with Crippen molar-refractivity contribution in [2.75, 3.05) is 0 Å². The van der Waals surface area contributed by atoms with E-state index in [0.717, 1.165) is 50.7 Å². The fourth-order valence-electron chi connectivity index (χ4n) is 6.30. The molecule has 0 bridgehead atoms. The fraction of sp³-hybridized carbons (Fsp3) is 0.261. The number of hydrogen-bond donors (Lipinski definition) is 0. The molecule has 3 nitrogen and oxygen atoms in total. The summed E-state index contributed by atoms with van der Waals surface area (Å²) in [5.41, 5.74) is 8.81. The van der Waals surface area contributed by atoms with Crippen molar-refractivity contribution in [1.82, 2.24) is 9.97 Å². The normalized spacial score (nSPS) is 12.6. The van der Waals surface area contributed by atoms with Crippen LogP contribution in [0.4, 0.5) is 0 Å². The van der Waals surface area contributed by atoms with Gasteiger partial charge < -0.3 is 14.4 Å². The van der Waals surface area contributed by atoms with Crippen molar-refractivity contribution in [3.63, 3.8) is 0 Å². The summed E-state index contributed by atoms with van der Waals surface area (Å²) in [5, 5.41) is 3.53. The summed E-state index contributed by atoms with van der Waals surface area (Å²) in [7, 11) is -1.34. The molecule has 0 N–H and O–H groups in total. The molecule has 263 valence electrons. The minimum atomic E-state index is -1.50. The summed E-state index contributed by atoms with van der Waals surface area (Å²) in [6, 6.07) is 40.8. The van der Waals surface area contributed by atoms with Crippen LogP contribution >= 0.6 is 0 Å². The van der Waals surface area contributed by atoms with Crippen LogP contribution in [0.15, 0.2) is 120 Å². The van der Waals surface area contributed by atoms with Gasteiger partial charge in [0, 0.05) is 40.6 Å². The predicted octanol–water partition coefficient (Wildman–Crippen LogP) is 12.0. The minimum Gasteiger partial charge on any atom is -0.501 e. The van der Waals surface area contributed by atoms with Crippen LogP contribution in [-0.4, -0.2) is 18.0 Å². The van der Waals surface area contributed by atoms with E-state index in [-0.39, 0.29) is 20.1 Å². The molecule has 7 rings (SSSR count). The van der Waals surface area contributed by atoms with E-state index in [2.05, 4.69) is 104 Å². The van der Waals surface area contributed by atoms with E-state index >= 15 is 0 Å². The summed E-state index contributed by atoms with van der Waals surface area (Å²) < 4.78 is 23.6. The molecule has 0 saturated carbocycles. The summed E-state index contributed by atoms with van der Waals surface area (Å²) in [5.74, 6) is 0.667. The van der Waals surface area contributed by atoms with Gasteiger partial charge in [0.25, 0.3) is 0 Å². The van der Waals surface area contributed by atoms with Crippen molar-refractivity contribution in [1.29, 1.82) is 0 Å². The van der Waals surface area contributed by atoms with Crippen LogP contribution in [0, 0.1) is 23.5 Å². The summed E-state index contributed by atoms with van der Waals surface area (Å²) in [6.45, 7) is 17.5. The number of rotatable bonds is 7. The molecule has 4 aromatic carbocycles. The van der Waals surface area contributed by atoms with Crippen molar-refractivity contribution < 1.29 is 27.3 Å². The van der Waals surface area contributed by atoms with Crippen LogP contribution in [0.2, 0.25) is 19.6 Å². The van der Waals surface area contributed by atoms with Crippen molar-refractivity contribution in [3.05, 3.63) is 139 Å². The van der Waals surface area contributed by atoms with E-state index in [9.17, 15) is 0 Å². The number of benzene rings is 4. The van der Waals surface area contributed by atoms with Gasteiger partial charge in [0.2, 0.25) is 0 Å². The van der Waals surface area contributed by atoms with E-state index in [1.165, 1.54) is 10.8 Å². The Morgan fingerprint density at radius 2 is 1.55 bits per heavy atom. The maximum atomic E-state index is 8.64. The molecular formula is C46H48IrN2OSi-2. The molecule has 0 saturated heterocycles. The Morgan fingerprint density at radius 3 is 2.24 bits per heavy atom. The topological polar surface area (TPSA) is 38.9 Å².